The van der Waals surface area contributed by atoms with Crippen LogP contribution >= 0.6 is 27.3 Å². The highest BCUT2D eigenvalue weighted by atomic mass is 79.9. The van der Waals surface area contributed by atoms with E-state index in [0.717, 1.165) is 11.3 Å². The molecule has 0 saturated heterocycles. The summed E-state index contributed by atoms with van der Waals surface area (Å²) in [6.07, 6.45) is 2.48. The maximum absolute atomic E-state index is 13.7. The summed E-state index contributed by atoms with van der Waals surface area (Å²) in [6, 6.07) is 0.574. The van der Waals surface area contributed by atoms with E-state index in [0.29, 0.717) is 33.1 Å². The highest BCUT2D eigenvalue weighted by molar-refractivity contribution is 9.10. The minimum atomic E-state index is -2.83. The van der Waals surface area contributed by atoms with Crippen LogP contribution in [-0.2, 0) is 11.8 Å². The fraction of sp³-hybridized carbons (Fsp3) is 0.286. The van der Waals surface area contributed by atoms with Crippen LogP contribution in [0.4, 0.5) is 14.5 Å². The Hall–Kier alpha value is -3.19. The van der Waals surface area contributed by atoms with Gasteiger partial charge in [-0.25, -0.2) is 13.8 Å². The van der Waals surface area contributed by atoms with Gasteiger partial charge in [0.05, 0.1) is 22.1 Å². The molecule has 0 aliphatic rings. The number of aryl methyl sites for hydroxylation is 2. The summed E-state index contributed by atoms with van der Waals surface area (Å²) in [7, 11) is 1.71. The minimum Gasteiger partial charge on any atom is -0.365 e. The third-order valence-electron chi connectivity index (χ3n) is 5.26. The van der Waals surface area contributed by atoms with Crippen LogP contribution in [0.1, 0.15) is 46.9 Å². The number of carbonyl (C=O) groups is 2. The second-order valence-electron chi connectivity index (χ2n) is 7.60. The molecule has 13 heteroatoms. The molecule has 0 aliphatic carbocycles. The number of fused-ring (bicyclic) bond motifs is 1. The lowest BCUT2D eigenvalue weighted by atomic mass is 10.0. The van der Waals surface area contributed by atoms with Crippen molar-refractivity contribution in [1.29, 1.82) is 0 Å². The second-order valence-corrected chi connectivity index (χ2v) is 9.51. The van der Waals surface area contributed by atoms with Gasteiger partial charge in [-0.2, -0.15) is 10.2 Å². The molecule has 4 aromatic rings. The standard InChI is InChI=1S/C21H20BrF2N7O2S/c1-4-14(31-7-10(22)6-26-31)20(33)28-16-15-11(12-8-30(3)29-9(12)2)5-13(18(23)24)27-21(15)34-17(16)19(25)32/h5-8,14,18H,4H2,1-3H3,(H2,25,32)(H,28,33). The summed E-state index contributed by atoms with van der Waals surface area (Å²) in [4.78, 5) is 29.8. The first-order valence-electron chi connectivity index (χ1n) is 10.2. The van der Waals surface area contributed by atoms with E-state index >= 15 is 0 Å². The Balaban J connectivity index is 1.93. The van der Waals surface area contributed by atoms with E-state index in [2.05, 4.69) is 36.4 Å². The lowest BCUT2D eigenvalue weighted by Crippen LogP contribution is -2.27. The monoisotopic (exact) mass is 551 g/mol. The number of primary amides is 1. The molecule has 1 atom stereocenters. The number of amides is 2. The Bertz CT molecular complexity index is 1410. The number of hydrogen-bond donors (Lipinski definition) is 2. The first-order valence-corrected chi connectivity index (χ1v) is 11.8. The van der Waals surface area contributed by atoms with Crippen LogP contribution in [0.15, 0.2) is 29.1 Å². The van der Waals surface area contributed by atoms with Crippen molar-refractivity contribution < 1.29 is 18.4 Å². The SMILES string of the molecule is CCC(C(=O)Nc1c(C(N)=O)sc2nc(C(F)F)cc(-c3cn(C)nc3C)c12)n1cc(Br)cn1. The molecule has 0 radical (unpaired) electrons. The minimum absolute atomic E-state index is 0.0153. The Labute approximate surface area is 205 Å². The van der Waals surface area contributed by atoms with Crippen molar-refractivity contribution in [3.8, 4) is 11.1 Å². The summed E-state index contributed by atoms with van der Waals surface area (Å²) < 4.78 is 31.1. The Morgan fingerprint density at radius 1 is 1.29 bits per heavy atom. The Morgan fingerprint density at radius 2 is 2.03 bits per heavy atom. The number of rotatable bonds is 7. The number of alkyl halides is 2. The number of carbonyl (C=O) groups excluding carboxylic acids is 2. The molecule has 2 amide bonds. The first kappa shape index (κ1) is 24.0. The molecule has 0 fully saturated rings. The van der Waals surface area contributed by atoms with Gasteiger partial charge in [0, 0.05) is 30.4 Å². The van der Waals surface area contributed by atoms with Gasteiger partial charge in [-0.3, -0.25) is 19.0 Å². The van der Waals surface area contributed by atoms with E-state index in [1.807, 2.05) is 6.92 Å². The molecule has 0 spiro atoms. The zero-order valence-corrected chi connectivity index (χ0v) is 20.7. The second kappa shape index (κ2) is 9.22. The lowest BCUT2D eigenvalue weighted by Gasteiger charge is -2.16. The van der Waals surface area contributed by atoms with Crippen LogP contribution in [0.5, 0.6) is 0 Å². The predicted octanol–water partition coefficient (Wildman–Crippen LogP) is 4.59. The van der Waals surface area contributed by atoms with Gasteiger partial charge in [-0.1, -0.05) is 6.92 Å². The Morgan fingerprint density at radius 3 is 2.56 bits per heavy atom. The molecule has 0 saturated carbocycles. The van der Waals surface area contributed by atoms with Gasteiger partial charge in [0.1, 0.15) is 21.4 Å². The topological polar surface area (TPSA) is 121 Å². The zero-order chi connectivity index (χ0) is 24.7. The maximum Gasteiger partial charge on any atom is 0.280 e. The summed E-state index contributed by atoms with van der Waals surface area (Å²) in [5.74, 6) is -1.24. The highest BCUT2D eigenvalue weighted by Gasteiger charge is 2.28. The molecule has 1 unspecified atom stereocenters. The fourth-order valence-corrected chi connectivity index (χ4v) is 5.10. The first-order chi connectivity index (χ1) is 16.1. The van der Waals surface area contributed by atoms with E-state index in [9.17, 15) is 18.4 Å². The number of anilines is 1. The number of nitrogens with one attached hydrogen (secondary N) is 1. The van der Waals surface area contributed by atoms with Crippen LogP contribution in [-0.4, -0.2) is 36.4 Å². The number of aromatic nitrogens is 5. The number of thiophene rings is 1. The smallest absolute Gasteiger partial charge is 0.280 e. The normalized spacial score (nSPS) is 12.4. The average molecular weight is 552 g/mol. The molecular weight excluding hydrogens is 532 g/mol. The van der Waals surface area contributed by atoms with E-state index in [4.69, 9.17) is 5.73 Å². The van der Waals surface area contributed by atoms with Crippen LogP contribution in [0.2, 0.25) is 0 Å². The van der Waals surface area contributed by atoms with Crippen molar-refractivity contribution in [2.75, 3.05) is 5.32 Å². The van der Waals surface area contributed by atoms with Crippen molar-refractivity contribution in [3.63, 3.8) is 0 Å². The van der Waals surface area contributed by atoms with Gasteiger partial charge in [0.15, 0.2) is 0 Å². The van der Waals surface area contributed by atoms with E-state index < -0.39 is 30.0 Å². The van der Waals surface area contributed by atoms with E-state index in [1.54, 1.807) is 37.2 Å². The van der Waals surface area contributed by atoms with Crippen LogP contribution in [0.3, 0.4) is 0 Å². The molecule has 178 valence electrons. The summed E-state index contributed by atoms with van der Waals surface area (Å²) in [6.45, 7) is 3.56. The molecule has 0 bridgehead atoms. The number of halogens is 3. The number of hydrogen-bond acceptors (Lipinski definition) is 6. The molecular formula is C21H20BrF2N7O2S. The lowest BCUT2D eigenvalue weighted by molar-refractivity contribution is -0.119. The van der Waals surface area contributed by atoms with Crippen molar-refractivity contribution in [2.45, 2.75) is 32.7 Å². The molecule has 4 rings (SSSR count). The third kappa shape index (κ3) is 4.32. The number of pyridine rings is 1. The predicted molar refractivity (Wildman–Crippen MR) is 128 cm³/mol. The maximum atomic E-state index is 13.7. The quantitative estimate of drug-likeness (QED) is 0.348. The summed E-state index contributed by atoms with van der Waals surface area (Å²) >= 11 is 4.17. The van der Waals surface area contributed by atoms with Crippen LogP contribution in [0.25, 0.3) is 21.3 Å². The van der Waals surface area contributed by atoms with Gasteiger partial charge in [0.2, 0.25) is 5.91 Å². The average Bonchev–Trinajstić information content (AvgIpc) is 3.45. The van der Waals surface area contributed by atoms with Gasteiger partial charge < -0.3 is 11.1 Å². The Kier molecular flexibility index (Phi) is 6.49. The molecule has 3 N–H and O–H groups in total. The molecule has 34 heavy (non-hydrogen) atoms. The summed E-state index contributed by atoms with van der Waals surface area (Å²) in [5, 5.41) is 11.6. The molecule has 0 aliphatic heterocycles. The van der Waals surface area contributed by atoms with Gasteiger partial charge in [-0.05, 0) is 40.9 Å². The van der Waals surface area contributed by atoms with Gasteiger partial charge >= 0.3 is 0 Å². The summed E-state index contributed by atoms with van der Waals surface area (Å²) in [5.41, 5.74) is 6.82. The van der Waals surface area contributed by atoms with Gasteiger partial charge in [-0.15, -0.1) is 11.3 Å². The van der Waals surface area contributed by atoms with Crippen molar-refractivity contribution >= 4 is 55.0 Å². The van der Waals surface area contributed by atoms with Crippen molar-refractivity contribution in [3.05, 3.63) is 45.4 Å². The zero-order valence-electron chi connectivity index (χ0n) is 18.3. The van der Waals surface area contributed by atoms with Crippen molar-refractivity contribution in [1.82, 2.24) is 24.5 Å². The van der Waals surface area contributed by atoms with Crippen molar-refractivity contribution in [2.24, 2.45) is 12.8 Å². The van der Waals surface area contributed by atoms with E-state index in [1.165, 1.54) is 10.7 Å². The van der Waals surface area contributed by atoms with Crippen LogP contribution < -0.4 is 11.1 Å². The third-order valence-corrected chi connectivity index (χ3v) is 6.77. The number of nitrogens with zero attached hydrogens (tertiary/aromatic N) is 5. The number of nitrogens with two attached hydrogens (primary N) is 1. The largest absolute Gasteiger partial charge is 0.365 e. The molecule has 0 aromatic carbocycles. The van der Waals surface area contributed by atoms with Crippen LogP contribution in [0, 0.1) is 6.92 Å². The van der Waals surface area contributed by atoms with Gasteiger partial charge in [0.25, 0.3) is 12.3 Å². The highest BCUT2D eigenvalue weighted by Crippen LogP contribution is 2.43. The molecule has 4 heterocycles. The molecule has 4 aromatic heterocycles. The fourth-order valence-electron chi connectivity index (χ4n) is 3.78. The molecule has 9 nitrogen and oxygen atoms in total. The van der Waals surface area contributed by atoms with E-state index in [-0.39, 0.29) is 15.4 Å².